The zero-order valence-electron chi connectivity index (χ0n) is 26.0. The molecular formula is C32H38Cl3N3O8. The largest absolute Gasteiger partial charge is 1.00 e. The van der Waals surface area contributed by atoms with Gasteiger partial charge >= 0.3 is 17.9 Å². The Labute approximate surface area is 285 Å². The van der Waals surface area contributed by atoms with E-state index >= 15 is 0 Å². The van der Waals surface area contributed by atoms with Crippen LogP contribution < -0.4 is 35.6 Å². The third kappa shape index (κ3) is 22.9. The lowest BCUT2D eigenvalue weighted by Crippen LogP contribution is -3.00. The van der Waals surface area contributed by atoms with Crippen molar-refractivity contribution in [1.29, 1.82) is 0 Å². The molecule has 0 spiro atoms. The fourth-order valence-corrected chi connectivity index (χ4v) is 2.64. The molecule has 0 amide bonds. The number of hydrogen-bond donors (Lipinski definition) is 5. The minimum Gasteiger partial charge on any atom is -1.00 e. The fourth-order valence-electron chi connectivity index (χ4n) is 2.64. The maximum absolute atomic E-state index is 11.3. The maximum Gasteiger partial charge on any atom is 0.338 e. The number of ether oxygens (including phenoxy) is 1. The SMILES string of the molecule is CC(=O)Cl.CC(=[NH2+])c1ccc(C(=O)O)cc1.CCO.CCOC(=O)c1ccc(C(C)=[NH2+])cc1.[C-]#[N+]c1ccc(C(=O)O)cc1.[Cl-].[Cl-]. The number of aliphatic hydroxyl groups excluding tert-OH is 1. The summed E-state index contributed by atoms with van der Waals surface area (Å²) >= 11 is 4.64. The van der Waals surface area contributed by atoms with Gasteiger partial charge in [0.05, 0.1) is 29.9 Å². The Hall–Kier alpha value is -4.60. The third-order valence-corrected chi connectivity index (χ3v) is 4.68. The van der Waals surface area contributed by atoms with Gasteiger partial charge in [-0.2, -0.15) is 0 Å². The smallest absolute Gasteiger partial charge is 0.338 e. The molecule has 0 aliphatic carbocycles. The summed E-state index contributed by atoms with van der Waals surface area (Å²) in [4.78, 5) is 44.4. The predicted octanol–water partition coefficient (Wildman–Crippen LogP) is -2.90. The molecule has 0 aliphatic rings. The van der Waals surface area contributed by atoms with Gasteiger partial charge in [-0.05, 0) is 74.0 Å². The molecule has 7 N–H and O–H groups in total. The summed E-state index contributed by atoms with van der Waals surface area (Å²) in [5.41, 5.74) is 4.70. The van der Waals surface area contributed by atoms with Gasteiger partial charge in [-0.1, -0.05) is 24.3 Å². The van der Waals surface area contributed by atoms with Crippen LogP contribution in [0.25, 0.3) is 4.85 Å². The molecule has 0 atom stereocenters. The molecule has 3 aromatic rings. The van der Waals surface area contributed by atoms with Crippen molar-refractivity contribution in [3.05, 3.63) is 112 Å². The number of carboxylic acids is 2. The highest BCUT2D eigenvalue weighted by molar-refractivity contribution is 6.62. The summed E-state index contributed by atoms with van der Waals surface area (Å²) in [5, 5.41) is 35.4. The van der Waals surface area contributed by atoms with E-state index in [0.717, 1.165) is 16.8 Å². The molecule has 0 saturated carbocycles. The third-order valence-electron chi connectivity index (χ3n) is 4.68. The van der Waals surface area contributed by atoms with Crippen LogP contribution in [-0.4, -0.2) is 63.1 Å². The van der Waals surface area contributed by atoms with Gasteiger partial charge in [-0.15, -0.1) is 0 Å². The Bertz CT molecular complexity index is 1390. The molecule has 3 aromatic carbocycles. The monoisotopic (exact) mass is 697 g/mol. The molecule has 0 saturated heterocycles. The lowest BCUT2D eigenvalue weighted by atomic mass is 10.1. The molecule has 46 heavy (non-hydrogen) atoms. The molecular weight excluding hydrogens is 661 g/mol. The lowest BCUT2D eigenvalue weighted by molar-refractivity contribution is -0.114. The number of benzene rings is 3. The van der Waals surface area contributed by atoms with Gasteiger partial charge in [0.1, 0.15) is 0 Å². The van der Waals surface area contributed by atoms with Crippen molar-refractivity contribution in [3.8, 4) is 0 Å². The van der Waals surface area contributed by atoms with Crippen LogP contribution in [0.2, 0.25) is 0 Å². The molecule has 14 heteroatoms. The van der Waals surface area contributed by atoms with Crippen molar-refractivity contribution >= 4 is 51.9 Å². The summed E-state index contributed by atoms with van der Waals surface area (Å²) in [7, 11) is 0. The summed E-state index contributed by atoms with van der Waals surface area (Å²) in [6.07, 6.45) is 0. The number of esters is 1. The number of rotatable bonds is 6. The molecule has 0 aliphatic heterocycles. The van der Waals surface area contributed by atoms with Crippen LogP contribution in [0.3, 0.4) is 0 Å². The van der Waals surface area contributed by atoms with Crippen molar-refractivity contribution in [2.75, 3.05) is 13.2 Å². The standard InChI is InChI=1S/C11H13NO2.C9H9NO2.C8H5NO2.C2H3ClO.C2H6O.2ClH/c1-3-14-11(13)10-6-4-9(5-7-10)8(2)12;1-6(10)7-2-4-8(5-3-7)9(11)12;1-9-7-4-2-6(3-5-7)8(10)11;1-2(3)4;1-2-3;;/h4-7,12H,3H2,1-2H3;2-5,10H,1H3,(H,11,12);2-5H,(H,10,11);1H3;3H,2H2,1H3;2*1H. The van der Waals surface area contributed by atoms with E-state index in [1.165, 1.54) is 43.3 Å². The number of halogens is 3. The van der Waals surface area contributed by atoms with Gasteiger partial charge in [0, 0.05) is 38.5 Å². The summed E-state index contributed by atoms with van der Waals surface area (Å²) in [5.74, 6) is -2.19. The van der Waals surface area contributed by atoms with E-state index in [1.54, 1.807) is 45.0 Å². The van der Waals surface area contributed by atoms with E-state index in [4.69, 9.17) is 37.4 Å². The number of carbonyl (C=O) groups is 4. The van der Waals surface area contributed by atoms with E-state index in [-0.39, 0.29) is 53.8 Å². The predicted molar refractivity (Wildman–Crippen MR) is 168 cm³/mol. The molecule has 250 valence electrons. The molecule has 0 aromatic heterocycles. The number of carboxylic acid groups (broad SMARTS) is 2. The van der Waals surface area contributed by atoms with Crippen LogP contribution in [0, 0.1) is 6.57 Å². The number of aromatic carboxylic acids is 2. The quantitative estimate of drug-likeness (QED) is 0.0783. The van der Waals surface area contributed by atoms with Crippen LogP contribution in [-0.2, 0) is 9.53 Å². The highest BCUT2D eigenvalue weighted by Gasteiger charge is 2.07. The van der Waals surface area contributed by atoms with Crippen LogP contribution in [0.4, 0.5) is 5.69 Å². The van der Waals surface area contributed by atoms with Crippen molar-refractivity contribution in [1.82, 2.24) is 0 Å². The van der Waals surface area contributed by atoms with Gasteiger partial charge in [-0.3, -0.25) is 15.6 Å². The Kier molecular flexibility index (Phi) is 29.3. The van der Waals surface area contributed by atoms with Crippen LogP contribution in [0.15, 0.2) is 72.8 Å². The number of nitrogens with two attached hydrogens (primary N) is 2. The van der Waals surface area contributed by atoms with Gasteiger partial charge in [0.2, 0.25) is 5.24 Å². The number of carbonyl (C=O) groups excluding carboxylic acids is 2. The van der Waals surface area contributed by atoms with Crippen LogP contribution >= 0.6 is 11.6 Å². The second-order valence-electron chi connectivity index (χ2n) is 8.30. The topological polar surface area (TPSA) is 194 Å². The summed E-state index contributed by atoms with van der Waals surface area (Å²) in [6, 6.07) is 19.3. The molecule has 0 unspecified atom stereocenters. The first kappa shape index (κ1) is 48.3. The molecule has 0 heterocycles. The van der Waals surface area contributed by atoms with E-state index < -0.39 is 11.9 Å². The van der Waals surface area contributed by atoms with Crippen molar-refractivity contribution in [2.24, 2.45) is 0 Å². The van der Waals surface area contributed by atoms with Crippen molar-refractivity contribution in [3.63, 3.8) is 0 Å². The Morgan fingerprint density at radius 2 is 0.957 bits per heavy atom. The Balaban J connectivity index is -0.000000257. The van der Waals surface area contributed by atoms with E-state index in [2.05, 4.69) is 16.4 Å². The van der Waals surface area contributed by atoms with Crippen LogP contribution in [0.1, 0.15) is 76.8 Å². The summed E-state index contributed by atoms with van der Waals surface area (Å²) in [6.45, 7) is 15.6. The van der Waals surface area contributed by atoms with Crippen LogP contribution in [0.5, 0.6) is 0 Å². The first-order chi connectivity index (χ1) is 20.6. The fraction of sp³-hybridized carbons (Fsp3) is 0.219. The molecule has 0 radical (unpaired) electrons. The minimum atomic E-state index is -0.971. The van der Waals surface area contributed by atoms with Gasteiger partial charge in [0.25, 0.3) is 0 Å². The van der Waals surface area contributed by atoms with Gasteiger partial charge < -0.3 is 44.9 Å². The van der Waals surface area contributed by atoms with Gasteiger partial charge in [-0.25, -0.2) is 19.2 Å². The van der Waals surface area contributed by atoms with E-state index in [1.807, 2.05) is 19.1 Å². The number of hydrogen-bond acceptors (Lipinski definition) is 6. The van der Waals surface area contributed by atoms with E-state index in [9.17, 15) is 19.2 Å². The minimum absolute atomic E-state index is 0. The molecule has 0 bridgehead atoms. The highest BCUT2D eigenvalue weighted by Crippen LogP contribution is 2.12. The zero-order valence-corrected chi connectivity index (χ0v) is 28.2. The average Bonchev–Trinajstić information content (AvgIpc) is 2.98. The number of aliphatic hydroxyl groups is 1. The second kappa shape index (κ2) is 27.9. The van der Waals surface area contributed by atoms with Crippen molar-refractivity contribution in [2.45, 2.75) is 34.6 Å². The zero-order chi connectivity index (χ0) is 34.2. The van der Waals surface area contributed by atoms with Gasteiger partial charge in [0.15, 0.2) is 17.1 Å². The Morgan fingerprint density at radius 3 is 1.20 bits per heavy atom. The van der Waals surface area contributed by atoms with Crippen molar-refractivity contribution < 1.29 is 74.9 Å². The highest BCUT2D eigenvalue weighted by atomic mass is 35.5. The van der Waals surface area contributed by atoms with E-state index in [0.29, 0.717) is 23.6 Å². The normalized spacial score (nSPS) is 8.39. The molecule has 11 nitrogen and oxygen atoms in total. The second-order valence-corrected chi connectivity index (χ2v) is 8.83. The molecule has 0 fully saturated rings. The number of nitrogens with zero attached hydrogens (tertiary/aromatic N) is 1. The lowest BCUT2D eigenvalue weighted by Gasteiger charge is -2.01. The molecule has 3 rings (SSSR count). The average molecular weight is 699 g/mol. The maximum atomic E-state index is 11.3. The summed E-state index contributed by atoms with van der Waals surface area (Å²) < 4.78 is 4.85. The first-order valence-corrected chi connectivity index (χ1v) is 13.3. The first-order valence-electron chi connectivity index (χ1n) is 12.9. The Morgan fingerprint density at radius 1 is 0.696 bits per heavy atom.